The molecule has 4 rings (SSSR count). The van der Waals surface area contributed by atoms with Gasteiger partial charge in [0.05, 0.1) is 7.11 Å². The van der Waals surface area contributed by atoms with E-state index in [4.69, 9.17) is 4.74 Å². The van der Waals surface area contributed by atoms with Crippen molar-refractivity contribution < 1.29 is 40.5 Å². The van der Waals surface area contributed by atoms with Gasteiger partial charge in [0.25, 0.3) is 0 Å². The van der Waals surface area contributed by atoms with Gasteiger partial charge in [0, 0.05) is 34.8 Å². The maximum absolute atomic E-state index is 12.2. The van der Waals surface area contributed by atoms with Gasteiger partial charge in [-0.2, -0.15) is 9.47 Å². The Kier molecular flexibility index (Phi) is 8.80. The summed E-state index contributed by atoms with van der Waals surface area (Å²) >= 11 is 0.912. The molecule has 0 bridgehead atoms. The Bertz CT molecular complexity index is 1280. The third-order valence-corrected chi connectivity index (χ3v) is 5.92. The number of methoxy groups -OCH3 is 1. The predicted molar refractivity (Wildman–Crippen MR) is 126 cm³/mol. The van der Waals surface area contributed by atoms with E-state index < -0.39 is 5.97 Å². The van der Waals surface area contributed by atoms with Gasteiger partial charge in [-0.1, -0.05) is 61.9 Å². The second kappa shape index (κ2) is 11.6. The van der Waals surface area contributed by atoms with E-state index in [-0.39, 0.29) is 35.9 Å². The van der Waals surface area contributed by atoms with Crippen LogP contribution in [0, 0.1) is 0 Å². The van der Waals surface area contributed by atoms with Crippen LogP contribution in [0.15, 0.2) is 53.3 Å². The maximum atomic E-state index is 12.2. The van der Waals surface area contributed by atoms with E-state index in [2.05, 4.69) is 26.5 Å². The zero-order valence-corrected chi connectivity index (χ0v) is 21.8. The number of aromatic nitrogens is 4. The van der Waals surface area contributed by atoms with Crippen LogP contribution in [-0.4, -0.2) is 32.6 Å². The first-order valence-electron chi connectivity index (χ1n) is 10.5. The Morgan fingerprint density at radius 3 is 2.48 bits per heavy atom. The molecule has 166 valence electrons. The molecule has 7 nitrogen and oxygen atoms in total. The number of carbonyl (C=O) groups excluding carboxylic acids is 1. The van der Waals surface area contributed by atoms with Crippen LogP contribution < -0.4 is 34.4 Å². The number of H-pyrrole nitrogens is 2. The van der Waals surface area contributed by atoms with E-state index in [1.54, 1.807) is 0 Å². The molecule has 0 saturated carbocycles. The van der Waals surface area contributed by atoms with E-state index in [0.29, 0.717) is 17.9 Å². The summed E-state index contributed by atoms with van der Waals surface area (Å²) in [5.74, 6) is 0.142. The number of hydrogen-bond donors (Lipinski definition) is 2. The minimum absolute atomic E-state index is 0. The molecular formula is C24H25N4NaO3S. The van der Waals surface area contributed by atoms with E-state index in [1.165, 1.54) is 7.11 Å². The van der Waals surface area contributed by atoms with Crippen molar-refractivity contribution in [3.05, 3.63) is 80.7 Å². The van der Waals surface area contributed by atoms with Crippen LogP contribution in [0.2, 0.25) is 0 Å². The Labute approximate surface area is 219 Å². The fraction of sp³-hybridized carbons (Fsp3) is 0.250. The summed E-state index contributed by atoms with van der Waals surface area (Å²) in [5, 5.41) is 7.24. The number of nitrogens with one attached hydrogen (secondary N) is 2. The second-order valence-corrected chi connectivity index (χ2v) is 8.22. The van der Waals surface area contributed by atoms with E-state index in [9.17, 15) is 9.59 Å². The minimum Gasteiger partial charge on any atom is -1.00 e. The summed E-state index contributed by atoms with van der Waals surface area (Å²) in [6.45, 7) is 2.13. The van der Waals surface area contributed by atoms with Gasteiger partial charge in [-0.05, 0) is 29.5 Å². The zero-order chi connectivity index (χ0) is 22.5. The van der Waals surface area contributed by atoms with Crippen molar-refractivity contribution in [3.8, 4) is 22.5 Å². The monoisotopic (exact) mass is 472 g/mol. The largest absolute Gasteiger partial charge is 1.00 e. The predicted octanol–water partition coefficient (Wildman–Crippen LogP) is 1.72. The molecule has 4 aromatic rings. The van der Waals surface area contributed by atoms with Gasteiger partial charge in [-0.3, -0.25) is 14.9 Å². The summed E-state index contributed by atoms with van der Waals surface area (Å²) in [4.78, 5) is 26.4. The Hall–Kier alpha value is -2.52. The summed E-state index contributed by atoms with van der Waals surface area (Å²) < 4.78 is 9.14. The Morgan fingerprint density at radius 2 is 1.85 bits per heavy atom. The first-order chi connectivity index (χ1) is 15.6. The summed E-state index contributed by atoms with van der Waals surface area (Å²) in [6, 6.07) is 16.0. The molecule has 9 heteroatoms. The maximum Gasteiger partial charge on any atom is 1.00 e. The van der Waals surface area contributed by atoms with Crippen molar-refractivity contribution in [3.63, 3.8) is 0 Å². The van der Waals surface area contributed by atoms with Gasteiger partial charge in [-0.15, -0.1) is 0 Å². The topological polar surface area (TPSA) is 101 Å². The molecule has 0 spiro atoms. The molecule has 0 fully saturated rings. The van der Waals surface area contributed by atoms with Crippen molar-refractivity contribution in [1.82, 2.24) is 19.6 Å². The number of nitrogens with zero attached hydrogens (tertiary/aromatic N) is 2. The molecule has 0 unspecified atom stereocenters. The van der Waals surface area contributed by atoms with Gasteiger partial charge in [-0.25, -0.2) is 4.79 Å². The molecule has 33 heavy (non-hydrogen) atoms. The van der Waals surface area contributed by atoms with Gasteiger partial charge < -0.3 is 6.16 Å². The normalized spacial score (nSPS) is 10.6. The third-order valence-electron chi connectivity index (χ3n) is 5.38. The van der Waals surface area contributed by atoms with Crippen LogP contribution >= 0.6 is 11.5 Å². The number of unbranched alkanes of at least 4 members (excludes halogenated alkanes) is 1. The summed E-state index contributed by atoms with van der Waals surface area (Å²) in [5.41, 5.74) is 6.17. The van der Waals surface area contributed by atoms with Crippen molar-refractivity contribution in [2.75, 3.05) is 7.11 Å². The molecule has 2 aromatic heterocycles. The van der Waals surface area contributed by atoms with Gasteiger partial charge >= 0.3 is 40.4 Å². The molecule has 0 atom stereocenters. The van der Waals surface area contributed by atoms with E-state index >= 15 is 0 Å². The quantitative estimate of drug-likeness (QED) is 0.301. The van der Waals surface area contributed by atoms with Crippen molar-refractivity contribution in [2.24, 2.45) is 0 Å². The average molecular weight is 473 g/mol. The second-order valence-electron chi connectivity index (χ2n) is 7.49. The third kappa shape index (κ3) is 5.70. The number of carbonyl (C=O) groups is 1. The smallest absolute Gasteiger partial charge is 1.00 e. The molecule has 2 heterocycles. The number of benzene rings is 2. The number of hydrogen-bond acceptors (Lipinski definition) is 6. The molecule has 0 amide bonds. The first kappa shape index (κ1) is 25.1. The number of esters is 1. The number of aryl methyl sites for hydroxylation is 1. The van der Waals surface area contributed by atoms with Crippen molar-refractivity contribution in [2.45, 2.75) is 32.6 Å². The van der Waals surface area contributed by atoms with Crippen LogP contribution in [-0.2, 0) is 17.6 Å². The molecule has 2 N–H and O–H groups in total. The standard InChI is InChI=1S/C24H24N4O3S.Na.H/c1-3-4-9-20-19(21(27-26-20)23(29)31-2)14-15-10-12-16(13-11-15)17-7-5-6-8-18(17)22-25-24(30)32-28-22;;/h5-8,10-13H,3-4,9,14H2,1-2H3,(H,26,27)(H,25,28,30);;/q;+1;-1. The number of aromatic amines is 2. The van der Waals surface area contributed by atoms with Crippen LogP contribution in [0.25, 0.3) is 22.5 Å². The fourth-order valence-corrected chi connectivity index (χ4v) is 4.17. The first-order valence-corrected chi connectivity index (χ1v) is 11.3. The summed E-state index contributed by atoms with van der Waals surface area (Å²) in [6.07, 6.45) is 3.50. The number of rotatable bonds is 8. The average Bonchev–Trinajstić information content (AvgIpc) is 3.44. The Morgan fingerprint density at radius 1 is 1.12 bits per heavy atom. The SMILES string of the molecule is CCCCc1[nH]nc(C(=O)OC)c1Cc1ccc(-c2ccccc2-c2nsc(=O)[nH]2)cc1.[H-].[Na+]. The molecular weight excluding hydrogens is 447 g/mol. The molecule has 0 aliphatic carbocycles. The zero-order valence-electron chi connectivity index (χ0n) is 20.0. The molecule has 2 aromatic carbocycles. The van der Waals surface area contributed by atoms with Gasteiger partial charge in [0.2, 0.25) is 0 Å². The van der Waals surface area contributed by atoms with E-state index in [1.807, 2.05) is 48.5 Å². The minimum atomic E-state index is -0.429. The molecule has 0 aliphatic rings. The van der Waals surface area contributed by atoms with Crippen LogP contribution in [0.3, 0.4) is 0 Å². The molecule has 0 radical (unpaired) electrons. The molecule has 0 saturated heterocycles. The van der Waals surface area contributed by atoms with Crippen LogP contribution in [0.1, 0.15) is 48.5 Å². The van der Waals surface area contributed by atoms with Gasteiger partial charge in [0.15, 0.2) is 11.5 Å². The van der Waals surface area contributed by atoms with Crippen molar-refractivity contribution in [1.29, 1.82) is 0 Å². The fourth-order valence-electron chi connectivity index (χ4n) is 3.71. The number of ether oxygens (including phenoxy) is 1. The summed E-state index contributed by atoms with van der Waals surface area (Å²) in [7, 11) is 1.37. The molecule has 0 aliphatic heterocycles. The van der Waals surface area contributed by atoms with Crippen molar-refractivity contribution >= 4 is 17.5 Å². The Balaban J connectivity index is 0.00000204. The van der Waals surface area contributed by atoms with Gasteiger partial charge in [0.1, 0.15) is 0 Å². The van der Waals surface area contributed by atoms with Crippen LogP contribution in [0.5, 0.6) is 0 Å². The van der Waals surface area contributed by atoms with E-state index in [0.717, 1.165) is 64.3 Å². The van der Waals surface area contributed by atoms with Crippen LogP contribution in [0.4, 0.5) is 0 Å².